The van der Waals surface area contributed by atoms with Gasteiger partial charge >= 0.3 is 0 Å². The molecule has 0 radical (unpaired) electrons. The first kappa shape index (κ1) is 18.5. The molecule has 0 fully saturated rings. The minimum absolute atomic E-state index is 0.296. The van der Waals surface area contributed by atoms with Crippen LogP contribution in [0.4, 0.5) is 11.4 Å². The van der Waals surface area contributed by atoms with E-state index in [1.165, 1.54) is 16.0 Å². The Balaban J connectivity index is 1.91. The van der Waals surface area contributed by atoms with Crippen LogP contribution in [0.5, 0.6) is 0 Å². The molecule has 4 rings (SSSR count). The molecule has 0 bridgehead atoms. The molecule has 0 saturated carbocycles. The zero-order valence-corrected chi connectivity index (χ0v) is 17.1. The molecule has 0 atom stereocenters. The second-order valence-electron chi connectivity index (χ2n) is 7.40. The molecular formula is C25H26N2S. The summed E-state index contributed by atoms with van der Waals surface area (Å²) in [5.41, 5.74) is 12.0. The van der Waals surface area contributed by atoms with Crippen molar-refractivity contribution in [3.63, 3.8) is 0 Å². The fourth-order valence-corrected chi connectivity index (χ4v) is 6.18. The lowest BCUT2D eigenvalue weighted by Crippen LogP contribution is -2.13. The fourth-order valence-electron chi connectivity index (χ4n) is 3.83. The van der Waals surface area contributed by atoms with E-state index in [-0.39, 0.29) is 0 Å². The highest BCUT2D eigenvalue weighted by atomic mass is 32.3. The SMILES string of the molecule is CS(C)(Nc1ccccc1)c1c(-c2ccccc2N)cccc1C1C=CC=C1. The molecular weight excluding hydrogens is 360 g/mol. The Labute approximate surface area is 169 Å². The Morgan fingerprint density at radius 3 is 2.11 bits per heavy atom. The molecule has 0 saturated heterocycles. The van der Waals surface area contributed by atoms with Crippen LogP contribution in [-0.2, 0) is 0 Å². The van der Waals surface area contributed by atoms with Crippen LogP contribution in [0.1, 0.15) is 11.5 Å². The molecule has 0 aromatic heterocycles. The van der Waals surface area contributed by atoms with Crippen molar-refractivity contribution in [2.45, 2.75) is 10.8 Å². The number of hydrogen-bond acceptors (Lipinski definition) is 2. The van der Waals surface area contributed by atoms with Crippen molar-refractivity contribution in [3.05, 3.63) is 103 Å². The Kier molecular flexibility index (Phi) is 5.01. The summed E-state index contributed by atoms with van der Waals surface area (Å²) in [6.45, 7) is 0. The summed E-state index contributed by atoms with van der Waals surface area (Å²) in [5.74, 6) is 0.296. The van der Waals surface area contributed by atoms with E-state index in [4.69, 9.17) is 5.73 Å². The van der Waals surface area contributed by atoms with Crippen molar-refractivity contribution in [1.29, 1.82) is 0 Å². The lowest BCUT2D eigenvalue weighted by molar-refractivity contribution is 1.05. The van der Waals surface area contributed by atoms with Gasteiger partial charge in [0.25, 0.3) is 0 Å². The van der Waals surface area contributed by atoms with Crippen molar-refractivity contribution < 1.29 is 0 Å². The van der Waals surface area contributed by atoms with Crippen molar-refractivity contribution >= 4 is 21.6 Å². The van der Waals surface area contributed by atoms with Crippen LogP contribution in [0.2, 0.25) is 0 Å². The Bertz CT molecular complexity index is 1020. The van der Waals surface area contributed by atoms with E-state index in [0.717, 1.165) is 16.9 Å². The third-order valence-electron chi connectivity index (χ3n) is 5.06. The molecule has 2 nitrogen and oxygen atoms in total. The molecule has 1 aliphatic rings. The topological polar surface area (TPSA) is 38.0 Å². The first-order valence-electron chi connectivity index (χ1n) is 9.45. The number of nitrogens with two attached hydrogens (primary N) is 1. The van der Waals surface area contributed by atoms with Crippen molar-refractivity contribution in [3.8, 4) is 11.1 Å². The van der Waals surface area contributed by atoms with E-state index < -0.39 is 10.2 Å². The van der Waals surface area contributed by atoms with Crippen molar-refractivity contribution in [2.24, 2.45) is 0 Å². The van der Waals surface area contributed by atoms with Crippen LogP contribution in [0.3, 0.4) is 0 Å². The van der Waals surface area contributed by atoms with Crippen LogP contribution in [0, 0.1) is 0 Å². The summed E-state index contributed by atoms with van der Waals surface area (Å²) in [7, 11) is -1.35. The number of anilines is 2. The summed E-state index contributed by atoms with van der Waals surface area (Å²) in [6, 6.07) is 25.2. The maximum Gasteiger partial charge on any atom is 0.0429 e. The van der Waals surface area contributed by atoms with Gasteiger partial charge in [-0.25, -0.2) is 0 Å². The zero-order valence-electron chi connectivity index (χ0n) is 16.3. The molecule has 0 aliphatic heterocycles. The lowest BCUT2D eigenvalue weighted by atomic mass is 9.95. The summed E-state index contributed by atoms with van der Waals surface area (Å²) in [6.07, 6.45) is 13.4. The largest absolute Gasteiger partial charge is 0.398 e. The molecule has 3 aromatic rings. The number of nitrogens with one attached hydrogen (secondary N) is 1. The van der Waals surface area contributed by atoms with Gasteiger partial charge in [0, 0.05) is 27.8 Å². The standard InChI is InChI=1S/C25H26N2S/c1-28(2,27-20-13-4-3-5-14-20)25-21(19-11-6-7-12-19)16-10-17-23(25)22-15-8-9-18-24(22)26/h3-19,27H,26H2,1-2H3. The molecule has 3 N–H and O–H groups in total. The third-order valence-corrected chi connectivity index (χ3v) is 7.28. The van der Waals surface area contributed by atoms with Crippen molar-refractivity contribution in [2.75, 3.05) is 23.0 Å². The van der Waals surface area contributed by atoms with E-state index in [1.807, 2.05) is 18.2 Å². The minimum atomic E-state index is -1.35. The lowest BCUT2D eigenvalue weighted by Gasteiger charge is -2.38. The van der Waals surface area contributed by atoms with Crippen LogP contribution in [0.25, 0.3) is 11.1 Å². The molecule has 3 heteroatoms. The van der Waals surface area contributed by atoms with Gasteiger partial charge in [-0.2, -0.15) is 0 Å². The molecule has 0 spiro atoms. The number of para-hydroxylation sites is 2. The average Bonchev–Trinajstić information content (AvgIpc) is 3.23. The van der Waals surface area contributed by atoms with Crippen LogP contribution >= 0.6 is 10.2 Å². The molecule has 0 amide bonds. The van der Waals surface area contributed by atoms with E-state index in [0.29, 0.717) is 5.92 Å². The molecule has 0 heterocycles. The molecule has 142 valence electrons. The van der Waals surface area contributed by atoms with Gasteiger partial charge in [0.2, 0.25) is 0 Å². The van der Waals surface area contributed by atoms with Crippen LogP contribution in [-0.4, -0.2) is 12.5 Å². The van der Waals surface area contributed by atoms with Gasteiger partial charge in [0.15, 0.2) is 0 Å². The molecule has 3 aromatic carbocycles. The van der Waals surface area contributed by atoms with Gasteiger partial charge in [-0.1, -0.05) is 78.9 Å². The second-order valence-corrected chi connectivity index (χ2v) is 10.7. The maximum absolute atomic E-state index is 6.38. The molecule has 1 aliphatic carbocycles. The van der Waals surface area contributed by atoms with Gasteiger partial charge in [0.05, 0.1) is 0 Å². The summed E-state index contributed by atoms with van der Waals surface area (Å²) >= 11 is 0. The third kappa shape index (κ3) is 3.58. The predicted molar refractivity (Wildman–Crippen MR) is 125 cm³/mol. The minimum Gasteiger partial charge on any atom is -0.398 e. The monoisotopic (exact) mass is 386 g/mol. The van der Waals surface area contributed by atoms with Crippen LogP contribution in [0.15, 0.2) is 102 Å². The van der Waals surface area contributed by atoms with E-state index in [2.05, 4.69) is 96.1 Å². The average molecular weight is 387 g/mol. The number of nitrogen functional groups attached to an aromatic ring is 1. The van der Waals surface area contributed by atoms with Gasteiger partial charge in [-0.15, -0.1) is 10.2 Å². The number of benzene rings is 3. The fraction of sp³-hybridized carbons (Fsp3) is 0.120. The quantitative estimate of drug-likeness (QED) is 0.485. The smallest absolute Gasteiger partial charge is 0.0429 e. The normalized spacial score (nSPS) is 14.4. The highest BCUT2D eigenvalue weighted by Crippen LogP contribution is 2.56. The number of hydrogen-bond donors (Lipinski definition) is 2. The van der Waals surface area contributed by atoms with Gasteiger partial charge in [-0.3, -0.25) is 0 Å². The molecule has 0 unspecified atom stereocenters. The summed E-state index contributed by atoms with van der Waals surface area (Å²) in [5, 5.41) is 0. The Morgan fingerprint density at radius 2 is 1.39 bits per heavy atom. The van der Waals surface area contributed by atoms with E-state index in [1.54, 1.807) is 0 Å². The van der Waals surface area contributed by atoms with Gasteiger partial charge in [0.1, 0.15) is 0 Å². The Morgan fingerprint density at radius 1 is 0.750 bits per heavy atom. The highest BCUT2D eigenvalue weighted by molar-refractivity contribution is 8.33. The Hall–Kier alpha value is -2.91. The van der Waals surface area contributed by atoms with Crippen molar-refractivity contribution in [1.82, 2.24) is 0 Å². The second kappa shape index (κ2) is 7.61. The molecule has 28 heavy (non-hydrogen) atoms. The van der Waals surface area contributed by atoms with Gasteiger partial charge < -0.3 is 10.5 Å². The first-order valence-corrected chi connectivity index (χ1v) is 11.9. The van der Waals surface area contributed by atoms with Crippen LogP contribution < -0.4 is 10.5 Å². The number of allylic oxidation sites excluding steroid dienone is 4. The van der Waals surface area contributed by atoms with Gasteiger partial charge in [-0.05, 0) is 41.8 Å². The summed E-state index contributed by atoms with van der Waals surface area (Å²) < 4.78 is 3.82. The van der Waals surface area contributed by atoms with E-state index >= 15 is 0 Å². The highest BCUT2D eigenvalue weighted by Gasteiger charge is 2.26. The zero-order chi connectivity index (χ0) is 19.6. The predicted octanol–water partition coefficient (Wildman–Crippen LogP) is 6.60. The van der Waals surface area contributed by atoms with E-state index in [9.17, 15) is 0 Å². The summed E-state index contributed by atoms with van der Waals surface area (Å²) in [4.78, 5) is 1.36. The number of rotatable bonds is 5. The maximum atomic E-state index is 6.38. The first-order chi connectivity index (χ1) is 13.6.